The SMILES string of the molecule is Cc1cccc(COc2ccc(CBr)cc2)n1. The van der Waals surface area contributed by atoms with Crippen molar-refractivity contribution >= 4 is 15.9 Å². The Labute approximate surface area is 110 Å². The molecule has 0 aliphatic carbocycles. The van der Waals surface area contributed by atoms with E-state index in [1.54, 1.807) is 0 Å². The van der Waals surface area contributed by atoms with E-state index in [1.807, 2.05) is 49.4 Å². The predicted molar refractivity (Wildman–Crippen MR) is 72.4 cm³/mol. The Morgan fingerprint density at radius 2 is 1.88 bits per heavy atom. The van der Waals surface area contributed by atoms with Crippen molar-refractivity contribution < 1.29 is 4.74 Å². The van der Waals surface area contributed by atoms with Gasteiger partial charge in [0.1, 0.15) is 12.4 Å². The van der Waals surface area contributed by atoms with Crippen LogP contribution in [0.3, 0.4) is 0 Å². The molecule has 0 unspecified atom stereocenters. The molecule has 1 heterocycles. The molecule has 17 heavy (non-hydrogen) atoms. The number of pyridine rings is 1. The summed E-state index contributed by atoms with van der Waals surface area (Å²) in [7, 11) is 0. The Morgan fingerprint density at radius 1 is 1.12 bits per heavy atom. The van der Waals surface area contributed by atoms with Crippen molar-refractivity contribution in [2.45, 2.75) is 18.9 Å². The average Bonchev–Trinajstić information content (AvgIpc) is 2.37. The summed E-state index contributed by atoms with van der Waals surface area (Å²) in [6.45, 7) is 2.49. The number of rotatable bonds is 4. The summed E-state index contributed by atoms with van der Waals surface area (Å²) in [5.41, 5.74) is 3.21. The van der Waals surface area contributed by atoms with Crippen LogP contribution in [-0.4, -0.2) is 4.98 Å². The summed E-state index contributed by atoms with van der Waals surface area (Å²) in [5.74, 6) is 0.873. The van der Waals surface area contributed by atoms with Gasteiger partial charge in [0.2, 0.25) is 0 Å². The molecule has 88 valence electrons. The van der Waals surface area contributed by atoms with Gasteiger partial charge in [0.25, 0.3) is 0 Å². The summed E-state index contributed by atoms with van der Waals surface area (Å²) in [5, 5.41) is 0.868. The molecular formula is C14H14BrNO. The maximum absolute atomic E-state index is 5.67. The zero-order valence-corrected chi connectivity index (χ0v) is 11.3. The number of aromatic nitrogens is 1. The summed E-state index contributed by atoms with van der Waals surface area (Å²) >= 11 is 3.41. The Balaban J connectivity index is 1.97. The number of halogens is 1. The first-order valence-corrected chi connectivity index (χ1v) is 6.60. The fourth-order valence-electron chi connectivity index (χ4n) is 1.51. The molecule has 1 aromatic heterocycles. The maximum Gasteiger partial charge on any atom is 0.130 e. The van der Waals surface area contributed by atoms with Crippen molar-refractivity contribution in [1.82, 2.24) is 4.98 Å². The Kier molecular flexibility index (Phi) is 4.15. The van der Waals surface area contributed by atoms with E-state index < -0.39 is 0 Å². The lowest BCUT2D eigenvalue weighted by Crippen LogP contribution is -1.98. The predicted octanol–water partition coefficient (Wildman–Crippen LogP) is 3.86. The van der Waals surface area contributed by atoms with Gasteiger partial charge in [0.05, 0.1) is 5.69 Å². The molecule has 3 heteroatoms. The number of alkyl halides is 1. The van der Waals surface area contributed by atoms with Crippen LogP contribution < -0.4 is 4.74 Å². The minimum atomic E-state index is 0.509. The third kappa shape index (κ3) is 3.56. The molecule has 2 rings (SSSR count). The highest BCUT2D eigenvalue weighted by Gasteiger charge is 1.98. The number of benzene rings is 1. The zero-order chi connectivity index (χ0) is 12.1. The van der Waals surface area contributed by atoms with Gasteiger partial charge in [-0.15, -0.1) is 0 Å². The van der Waals surface area contributed by atoms with E-state index >= 15 is 0 Å². The van der Waals surface area contributed by atoms with Gasteiger partial charge in [-0.25, -0.2) is 0 Å². The lowest BCUT2D eigenvalue weighted by atomic mass is 10.2. The van der Waals surface area contributed by atoms with Gasteiger partial charge in [-0.3, -0.25) is 4.98 Å². The van der Waals surface area contributed by atoms with Gasteiger partial charge in [0.15, 0.2) is 0 Å². The smallest absolute Gasteiger partial charge is 0.130 e. The zero-order valence-electron chi connectivity index (χ0n) is 9.69. The number of hydrogen-bond acceptors (Lipinski definition) is 2. The van der Waals surface area contributed by atoms with Gasteiger partial charge in [-0.1, -0.05) is 34.1 Å². The molecule has 0 atom stereocenters. The van der Waals surface area contributed by atoms with Crippen LogP contribution >= 0.6 is 15.9 Å². The van der Waals surface area contributed by atoms with Crippen LogP contribution in [0.4, 0.5) is 0 Å². The molecule has 0 fully saturated rings. The van der Waals surface area contributed by atoms with Crippen molar-refractivity contribution in [3.63, 3.8) is 0 Å². The standard InChI is InChI=1S/C14H14BrNO/c1-11-3-2-4-13(16-11)10-17-14-7-5-12(9-15)6-8-14/h2-8H,9-10H2,1H3. The van der Waals surface area contributed by atoms with Crippen LogP contribution in [0.25, 0.3) is 0 Å². The first kappa shape index (κ1) is 12.1. The minimum Gasteiger partial charge on any atom is -0.487 e. The Hall–Kier alpha value is -1.35. The first-order valence-electron chi connectivity index (χ1n) is 5.48. The van der Waals surface area contributed by atoms with Gasteiger partial charge < -0.3 is 4.74 Å². The van der Waals surface area contributed by atoms with Crippen LogP contribution in [0.5, 0.6) is 5.75 Å². The molecule has 0 spiro atoms. The van der Waals surface area contributed by atoms with Crippen LogP contribution in [0.1, 0.15) is 17.0 Å². The van der Waals surface area contributed by atoms with Crippen molar-refractivity contribution in [2.24, 2.45) is 0 Å². The second-order valence-electron chi connectivity index (χ2n) is 3.84. The number of aryl methyl sites for hydroxylation is 1. The van der Waals surface area contributed by atoms with Gasteiger partial charge in [0, 0.05) is 11.0 Å². The normalized spacial score (nSPS) is 10.2. The second-order valence-corrected chi connectivity index (χ2v) is 4.40. The highest BCUT2D eigenvalue weighted by atomic mass is 79.9. The molecule has 0 radical (unpaired) electrons. The monoisotopic (exact) mass is 291 g/mol. The van der Waals surface area contributed by atoms with E-state index in [2.05, 4.69) is 20.9 Å². The minimum absolute atomic E-state index is 0.509. The van der Waals surface area contributed by atoms with Crippen LogP contribution in [0, 0.1) is 6.92 Å². The van der Waals surface area contributed by atoms with Crippen LogP contribution in [0.15, 0.2) is 42.5 Å². The van der Waals surface area contributed by atoms with E-state index in [4.69, 9.17) is 4.74 Å². The van der Waals surface area contributed by atoms with Crippen LogP contribution in [0.2, 0.25) is 0 Å². The summed E-state index contributed by atoms with van der Waals surface area (Å²) in [6.07, 6.45) is 0. The van der Waals surface area contributed by atoms with E-state index in [-0.39, 0.29) is 0 Å². The molecule has 0 aliphatic rings. The quantitative estimate of drug-likeness (QED) is 0.798. The Morgan fingerprint density at radius 3 is 2.53 bits per heavy atom. The van der Waals surface area contributed by atoms with Crippen molar-refractivity contribution in [3.05, 3.63) is 59.4 Å². The maximum atomic E-state index is 5.67. The molecule has 2 aromatic rings. The number of hydrogen-bond donors (Lipinski definition) is 0. The molecule has 0 amide bonds. The van der Waals surface area contributed by atoms with Crippen LogP contribution in [-0.2, 0) is 11.9 Å². The summed E-state index contributed by atoms with van der Waals surface area (Å²) in [6, 6.07) is 14.0. The van der Waals surface area contributed by atoms with E-state index in [1.165, 1.54) is 5.56 Å². The third-order valence-electron chi connectivity index (χ3n) is 2.41. The molecule has 0 saturated heterocycles. The largest absolute Gasteiger partial charge is 0.487 e. The lowest BCUT2D eigenvalue weighted by molar-refractivity contribution is 0.301. The summed E-state index contributed by atoms with van der Waals surface area (Å²) in [4.78, 5) is 4.39. The second kappa shape index (κ2) is 5.82. The Bertz CT molecular complexity index is 482. The molecular weight excluding hydrogens is 278 g/mol. The first-order chi connectivity index (χ1) is 8.28. The van der Waals surface area contributed by atoms with Gasteiger partial charge in [-0.2, -0.15) is 0 Å². The van der Waals surface area contributed by atoms with Crippen molar-refractivity contribution in [2.75, 3.05) is 0 Å². The molecule has 0 saturated carbocycles. The van der Waals surface area contributed by atoms with Crippen molar-refractivity contribution in [3.8, 4) is 5.75 Å². The van der Waals surface area contributed by atoms with E-state index in [0.29, 0.717) is 6.61 Å². The average molecular weight is 292 g/mol. The topological polar surface area (TPSA) is 22.1 Å². The summed E-state index contributed by atoms with van der Waals surface area (Å²) < 4.78 is 5.67. The molecule has 2 nitrogen and oxygen atoms in total. The highest BCUT2D eigenvalue weighted by molar-refractivity contribution is 9.08. The van der Waals surface area contributed by atoms with Gasteiger partial charge >= 0.3 is 0 Å². The van der Waals surface area contributed by atoms with Crippen molar-refractivity contribution in [1.29, 1.82) is 0 Å². The molecule has 1 aromatic carbocycles. The van der Waals surface area contributed by atoms with E-state index in [0.717, 1.165) is 22.5 Å². The van der Waals surface area contributed by atoms with E-state index in [9.17, 15) is 0 Å². The molecule has 0 N–H and O–H groups in total. The lowest BCUT2D eigenvalue weighted by Gasteiger charge is -2.06. The molecule has 0 bridgehead atoms. The van der Waals surface area contributed by atoms with Gasteiger partial charge in [-0.05, 0) is 36.8 Å². The third-order valence-corrected chi connectivity index (χ3v) is 3.06. The number of ether oxygens (including phenoxy) is 1. The highest BCUT2D eigenvalue weighted by Crippen LogP contribution is 2.15. The fourth-order valence-corrected chi connectivity index (χ4v) is 1.89. The fraction of sp³-hybridized carbons (Fsp3) is 0.214. The number of nitrogens with zero attached hydrogens (tertiary/aromatic N) is 1. The molecule has 0 aliphatic heterocycles.